The van der Waals surface area contributed by atoms with Crippen molar-refractivity contribution in [3.8, 4) is 11.5 Å². The molecule has 4 nitrogen and oxygen atoms in total. The van der Waals surface area contributed by atoms with Crippen molar-refractivity contribution >= 4 is 17.6 Å². The van der Waals surface area contributed by atoms with Gasteiger partial charge in [0.05, 0.1) is 25.7 Å². The van der Waals surface area contributed by atoms with Crippen LogP contribution in [0.25, 0.3) is 0 Å². The van der Waals surface area contributed by atoms with Gasteiger partial charge in [0.25, 0.3) is 0 Å². The second-order valence-corrected chi connectivity index (χ2v) is 5.17. The third-order valence-electron chi connectivity index (χ3n) is 3.48. The van der Waals surface area contributed by atoms with E-state index in [-0.39, 0.29) is 12.3 Å². The van der Waals surface area contributed by atoms with Crippen molar-refractivity contribution < 1.29 is 19.4 Å². The lowest BCUT2D eigenvalue weighted by atomic mass is 9.90. The van der Waals surface area contributed by atoms with E-state index in [1.54, 1.807) is 26.4 Å². The second kappa shape index (κ2) is 5.70. The lowest BCUT2D eigenvalue weighted by molar-refractivity contribution is -0.137. The number of benzene rings is 1. The summed E-state index contributed by atoms with van der Waals surface area (Å²) in [7, 11) is 3.11. The fourth-order valence-electron chi connectivity index (χ4n) is 2.41. The molecule has 0 bridgehead atoms. The van der Waals surface area contributed by atoms with Gasteiger partial charge in [-0.1, -0.05) is 11.6 Å². The van der Waals surface area contributed by atoms with E-state index in [1.807, 2.05) is 0 Å². The molecule has 1 aromatic carbocycles. The lowest BCUT2D eigenvalue weighted by Gasteiger charge is -2.20. The van der Waals surface area contributed by atoms with Crippen LogP contribution in [0.5, 0.6) is 11.5 Å². The molecule has 5 heteroatoms. The molecular formula is C14H17ClO4. The fourth-order valence-corrected chi connectivity index (χ4v) is 2.75. The predicted molar refractivity (Wildman–Crippen MR) is 72.3 cm³/mol. The second-order valence-electron chi connectivity index (χ2n) is 4.77. The number of aliphatic carboxylic acids is 1. The van der Waals surface area contributed by atoms with Crippen LogP contribution in [0.4, 0.5) is 0 Å². The van der Waals surface area contributed by atoms with E-state index >= 15 is 0 Å². The van der Waals surface area contributed by atoms with Crippen LogP contribution in [-0.4, -0.2) is 25.3 Å². The molecule has 19 heavy (non-hydrogen) atoms. The Labute approximate surface area is 117 Å². The topological polar surface area (TPSA) is 55.8 Å². The Morgan fingerprint density at radius 3 is 2.58 bits per heavy atom. The summed E-state index contributed by atoms with van der Waals surface area (Å²) in [5.74, 6) is 0.686. The zero-order chi connectivity index (χ0) is 14.0. The Morgan fingerprint density at radius 2 is 2.11 bits per heavy atom. The van der Waals surface area contributed by atoms with Crippen LogP contribution >= 0.6 is 11.6 Å². The number of hydrogen-bond acceptors (Lipinski definition) is 3. The molecular weight excluding hydrogens is 268 g/mol. The average molecular weight is 285 g/mol. The van der Waals surface area contributed by atoms with Gasteiger partial charge >= 0.3 is 5.97 Å². The molecule has 2 rings (SSSR count). The number of hydrogen-bond donors (Lipinski definition) is 1. The van der Waals surface area contributed by atoms with E-state index in [0.29, 0.717) is 22.4 Å². The van der Waals surface area contributed by atoms with Crippen LogP contribution in [-0.2, 0) is 4.79 Å². The van der Waals surface area contributed by atoms with Gasteiger partial charge in [-0.2, -0.15) is 0 Å². The highest BCUT2D eigenvalue weighted by Crippen LogP contribution is 2.50. The van der Waals surface area contributed by atoms with Crippen molar-refractivity contribution in [2.45, 2.75) is 25.2 Å². The molecule has 0 heterocycles. The molecule has 0 aliphatic heterocycles. The highest BCUT2D eigenvalue weighted by molar-refractivity contribution is 6.31. The predicted octanol–water partition coefficient (Wildman–Crippen LogP) is 3.33. The lowest BCUT2D eigenvalue weighted by Crippen LogP contribution is -2.10. The van der Waals surface area contributed by atoms with Crippen LogP contribution in [0, 0.1) is 5.92 Å². The van der Waals surface area contributed by atoms with Gasteiger partial charge in [0.1, 0.15) is 11.5 Å². The summed E-state index contributed by atoms with van der Waals surface area (Å²) < 4.78 is 10.5. The molecule has 1 N–H and O–H groups in total. The Bertz CT molecular complexity index is 483. The Hall–Kier alpha value is -1.42. The van der Waals surface area contributed by atoms with Crippen molar-refractivity contribution in [1.29, 1.82) is 0 Å². The first-order chi connectivity index (χ1) is 9.06. The number of carboxylic acids is 1. The van der Waals surface area contributed by atoms with Gasteiger partial charge in [-0.3, -0.25) is 4.79 Å². The largest absolute Gasteiger partial charge is 0.497 e. The Kier molecular flexibility index (Phi) is 4.20. The molecule has 0 radical (unpaired) electrons. The van der Waals surface area contributed by atoms with Gasteiger partial charge in [0, 0.05) is 17.5 Å². The maximum atomic E-state index is 11.0. The Morgan fingerprint density at radius 1 is 1.42 bits per heavy atom. The quantitative estimate of drug-likeness (QED) is 0.870. The third kappa shape index (κ3) is 3.13. The van der Waals surface area contributed by atoms with Gasteiger partial charge < -0.3 is 14.6 Å². The highest BCUT2D eigenvalue weighted by atomic mass is 35.5. The highest BCUT2D eigenvalue weighted by Gasteiger charge is 2.36. The van der Waals surface area contributed by atoms with Crippen molar-refractivity contribution in [3.63, 3.8) is 0 Å². The van der Waals surface area contributed by atoms with Gasteiger partial charge in [0.2, 0.25) is 0 Å². The zero-order valence-electron chi connectivity index (χ0n) is 11.0. The SMILES string of the molecule is COc1cc(Cl)c(C(CC(=O)O)C2CC2)c(OC)c1. The number of halogens is 1. The number of rotatable bonds is 6. The minimum Gasteiger partial charge on any atom is -0.497 e. The normalized spacial score (nSPS) is 15.9. The molecule has 1 atom stereocenters. The molecule has 1 saturated carbocycles. The van der Waals surface area contributed by atoms with Gasteiger partial charge in [0.15, 0.2) is 0 Å². The molecule has 104 valence electrons. The summed E-state index contributed by atoms with van der Waals surface area (Å²) in [4.78, 5) is 11.0. The fraction of sp³-hybridized carbons (Fsp3) is 0.500. The van der Waals surface area contributed by atoms with Crippen molar-refractivity contribution in [1.82, 2.24) is 0 Å². The van der Waals surface area contributed by atoms with E-state index in [0.717, 1.165) is 18.4 Å². The van der Waals surface area contributed by atoms with E-state index in [1.165, 1.54) is 0 Å². The van der Waals surface area contributed by atoms with Gasteiger partial charge in [-0.25, -0.2) is 0 Å². The molecule has 0 aromatic heterocycles. The summed E-state index contributed by atoms with van der Waals surface area (Å²) in [5, 5.41) is 9.58. The molecule has 0 saturated heterocycles. The summed E-state index contributed by atoms with van der Waals surface area (Å²) in [5.41, 5.74) is 0.787. The summed E-state index contributed by atoms with van der Waals surface area (Å²) in [6.07, 6.45) is 2.17. The van der Waals surface area contributed by atoms with E-state index in [9.17, 15) is 4.79 Å². The first-order valence-corrected chi connectivity index (χ1v) is 6.57. The van der Waals surface area contributed by atoms with Crippen LogP contribution in [0.1, 0.15) is 30.7 Å². The van der Waals surface area contributed by atoms with E-state index in [4.69, 9.17) is 26.2 Å². The average Bonchev–Trinajstić information content (AvgIpc) is 3.19. The maximum Gasteiger partial charge on any atom is 0.303 e. The molecule has 0 spiro atoms. The summed E-state index contributed by atoms with van der Waals surface area (Å²) in [6.45, 7) is 0. The smallest absolute Gasteiger partial charge is 0.303 e. The molecule has 0 amide bonds. The molecule has 1 unspecified atom stereocenters. The zero-order valence-corrected chi connectivity index (χ0v) is 11.7. The number of ether oxygens (including phenoxy) is 2. The minimum atomic E-state index is -0.814. The van der Waals surface area contributed by atoms with Crippen LogP contribution in [0.3, 0.4) is 0 Å². The summed E-state index contributed by atoms with van der Waals surface area (Å²) in [6, 6.07) is 3.45. The Balaban J connectivity index is 2.42. The monoisotopic (exact) mass is 284 g/mol. The van der Waals surface area contributed by atoms with Crippen molar-refractivity contribution in [2.75, 3.05) is 14.2 Å². The first-order valence-electron chi connectivity index (χ1n) is 6.20. The number of carboxylic acid groups (broad SMARTS) is 1. The minimum absolute atomic E-state index is 0.0765. The van der Waals surface area contributed by atoms with Crippen molar-refractivity contribution in [3.05, 3.63) is 22.7 Å². The van der Waals surface area contributed by atoms with Gasteiger partial charge in [-0.05, 0) is 24.8 Å². The number of methoxy groups -OCH3 is 2. The summed E-state index contributed by atoms with van der Waals surface area (Å²) >= 11 is 6.29. The van der Waals surface area contributed by atoms with Gasteiger partial charge in [-0.15, -0.1) is 0 Å². The maximum absolute atomic E-state index is 11.0. The molecule has 1 fully saturated rings. The van der Waals surface area contributed by atoms with Crippen LogP contribution < -0.4 is 9.47 Å². The first kappa shape index (κ1) is 14.0. The van der Waals surface area contributed by atoms with Crippen LogP contribution in [0.15, 0.2) is 12.1 Å². The van der Waals surface area contributed by atoms with Crippen molar-refractivity contribution in [2.24, 2.45) is 5.92 Å². The van der Waals surface area contributed by atoms with E-state index in [2.05, 4.69) is 0 Å². The number of carbonyl (C=O) groups is 1. The standard InChI is InChI=1S/C14H17ClO4/c1-18-9-5-11(15)14(12(6-9)19-2)10(7-13(16)17)8-3-4-8/h5-6,8,10H,3-4,7H2,1-2H3,(H,16,17). The molecule has 1 aliphatic carbocycles. The van der Waals surface area contributed by atoms with Crippen LogP contribution in [0.2, 0.25) is 5.02 Å². The van der Waals surface area contributed by atoms with E-state index < -0.39 is 5.97 Å². The molecule has 1 aliphatic rings. The third-order valence-corrected chi connectivity index (χ3v) is 3.79. The molecule has 1 aromatic rings.